The van der Waals surface area contributed by atoms with E-state index in [9.17, 15) is 14.7 Å². The summed E-state index contributed by atoms with van der Waals surface area (Å²) in [6.45, 7) is 3.69. The summed E-state index contributed by atoms with van der Waals surface area (Å²) in [4.78, 5) is 25.5. The predicted octanol–water partition coefficient (Wildman–Crippen LogP) is 2.98. The summed E-state index contributed by atoms with van der Waals surface area (Å²) in [7, 11) is 0. The molecule has 1 fully saturated rings. The number of hydrogen-bond acceptors (Lipinski definition) is 5. The van der Waals surface area contributed by atoms with Gasteiger partial charge >= 0.3 is 5.97 Å². The SMILES string of the molecule is CC[C@@H](C)[C@H](C(=O)O)N1C(=O)/C(=C\c2ccco2)SC1=S. The highest BCUT2D eigenvalue weighted by Crippen LogP contribution is 2.35. The van der Waals surface area contributed by atoms with Crippen LogP contribution in [0.2, 0.25) is 0 Å². The maximum absolute atomic E-state index is 12.5. The molecule has 1 aliphatic heterocycles. The summed E-state index contributed by atoms with van der Waals surface area (Å²) in [5.41, 5.74) is 0. The van der Waals surface area contributed by atoms with E-state index in [1.54, 1.807) is 25.1 Å². The maximum atomic E-state index is 12.5. The van der Waals surface area contributed by atoms with Crippen LogP contribution in [-0.4, -0.2) is 32.2 Å². The molecule has 1 aromatic heterocycles. The predicted molar refractivity (Wildman–Crippen MR) is 84.6 cm³/mol. The number of carboxylic acids is 1. The standard InChI is InChI=1S/C14H15NO4S2/c1-3-8(2)11(13(17)18)15-12(16)10(21-14(15)20)7-9-5-4-6-19-9/h4-8,11H,3H2,1-2H3,(H,17,18)/b10-7+/t8-,11-/m1/s1. The van der Waals surface area contributed by atoms with E-state index in [4.69, 9.17) is 16.6 Å². The zero-order chi connectivity index (χ0) is 15.6. The van der Waals surface area contributed by atoms with E-state index in [2.05, 4.69) is 0 Å². The van der Waals surface area contributed by atoms with E-state index in [1.165, 1.54) is 11.2 Å². The number of hydrogen-bond donors (Lipinski definition) is 1. The number of furan rings is 1. The Morgan fingerprint density at radius 1 is 1.62 bits per heavy atom. The third kappa shape index (κ3) is 3.19. The van der Waals surface area contributed by atoms with Gasteiger partial charge in [0.05, 0.1) is 11.2 Å². The van der Waals surface area contributed by atoms with Gasteiger partial charge in [-0.1, -0.05) is 44.2 Å². The average molecular weight is 325 g/mol. The lowest BCUT2D eigenvalue weighted by atomic mass is 9.98. The van der Waals surface area contributed by atoms with E-state index in [0.29, 0.717) is 17.1 Å². The van der Waals surface area contributed by atoms with E-state index >= 15 is 0 Å². The molecule has 2 rings (SSSR count). The van der Waals surface area contributed by atoms with Gasteiger partial charge in [-0.05, 0) is 18.1 Å². The molecule has 1 amide bonds. The van der Waals surface area contributed by atoms with E-state index in [0.717, 1.165) is 11.8 Å². The first kappa shape index (κ1) is 15.8. The van der Waals surface area contributed by atoms with Crippen LogP contribution in [0.3, 0.4) is 0 Å². The smallest absolute Gasteiger partial charge is 0.327 e. The van der Waals surface area contributed by atoms with Crippen molar-refractivity contribution >= 4 is 46.3 Å². The zero-order valence-electron chi connectivity index (χ0n) is 11.6. The molecule has 0 saturated carbocycles. The van der Waals surface area contributed by atoms with Gasteiger partial charge in [0, 0.05) is 6.08 Å². The number of thiocarbonyl (C=S) groups is 1. The van der Waals surface area contributed by atoms with Crippen molar-refractivity contribution in [1.82, 2.24) is 4.90 Å². The minimum absolute atomic E-state index is 0.187. The first-order valence-electron chi connectivity index (χ1n) is 6.49. The number of carbonyl (C=O) groups is 2. The quantitative estimate of drug-likeness (QED) is 0.663. The topological polar surface area (TPSA) is 70.8 Å². The Bertz CT molecular complexity index is 594. The van der Waals surface area contributed by atoms with Crippen molar-refractivity contribution in [2.75, 3.05) is 0 Å². The van der Waals surface area contributed by atoms with Gasteiger partial charge in [-0.3, -0.25) is 9.69 Å². The van der Waals surface area contributed by atoms with Crippen molar-refractivity contribution in [2.45, 2.75) is 26.3 Å². The van der Waals surface area contributed by atoms with Gasteiger partial charge in [-0.25, -0.2) is 4.79 Å². The van der Waals surface area contributed by atoms with Crippen molar-refractivity contribution < 1.29 is 19.1 Å². The van der Waals surface area contributed by atoms with Gasteiger partial charge in [0.1, 0.15) is 16.1 Å². The Balaban J connectivity index is 2.31. The Labute approximate surface area is 132 Å². The van der Waals surface area contributed by atoms with E-state index in [-0.39, 0.29) is 16.1 Å². The van der Waals surface area contributed by atoms with Crippen molar-refractivity contribution in [1.29, 1.82) is 0 Å². The van der Waals surface area contributed by atoms with Gasteiger partial charge in [0.25, 0.3) is 5.91 Å². The highest BCUT2D eigenvalue weighted by Gasteiger charge is 2.42. The summed E-state index contributed by atoms with van der Waals surface area (Å²) in [5.74, 6) is -1.08. The molecule has 0 radical (unpaired) electrons. The largest absolute Gasteiger partial charge is 0.480 e. The second-order valence-corrected chi connectivity index (χ2v) is 6.41. The molecule has 2 atom stereocenters. The summed E-state index contributed by atoms with van der Waals surface area (Å²) in [5, 5.41) is 9.41. The maximum Gasteiger partial charge on any atom is 0.327 e. The van der Waals surface area contributed by atoms with Crippen molar-refractivity contribution in [3.05, 3.63) is 29.1 Å². The zero-order valence-corrected chi connectivity index (χ0v) is 13.2. The molecule has 1 saturated heterocycles. The molecule has 0 bridgehead atoms. The number of aliphatic carboxylic acids is 1. The number of nitrogens with zero attached hydrogens (tertiary/aromatic N) is 1. The lowest BCUT2D eigenvalue weighted by molar-refractivity contribution is -0.147. The third-order valence-corrected chi connectivity index (χ3v) is 4.68. The minimum atomic E-state index is -1.04. The van der Waals surface area contributed by atoms with Crippen molar-refractivity contribution in [3.63, 3.8) is 0 Å². The Kier molecular flexibility index (Phi) is 4.84. The van der Waals surface area contributed by atoms with E-state index < -0.39 is 12.0 Å². The summed E-state index contributed by atoms with van der Waals surface area (Å²) in [6.07, 6.45) is 3.73. The highest BCUT2D eigenvalue weighted by atomic mass is 32.2. The summed E-state index contributed by atoms with van der Waals surface area (Å²) < 4.78 is 5.44. The van der Waals surface area contributed by atoms with Crippen LogP contribution in [0.1, 0.15) is 26.0 Å². The number of carboxylic acid groups (broad SMARTS) is 1. The molecule has 0 aromatic carbocycles. The van der Waals surface area contributed by atoms with Gasteiger partial charge in [0.15, 0.2) is 0 Å². The fourth-order valence-electron chi connectivity index (χ4n) is 2.05. The van der Waals surface area contributed by atoms with Gasteiger partial charge in [-0.15, -0.1) is 0 Å². The fourth-order valence-corrected chi connectivity index (χ4v) is 3.36. The summed E-state index contributed by atoms with van der Waals surface area (Å²) >= 11 is 6.29. The van der Waals surface area contributed by atoms with Crippen molar-refractivity contribution in [3.8, 4) is 0 Å². The Morgan fingerprint density at radius 3 is 2.86 bits per heavy atom. The van der Waals surface area contributed by atoms with Crippen LogP contribution in [0.25, 0.3) is 6.08 Å². The number of rotatable bonds is 5. The normalized spacial score (nSPS) is 20.1. The van der Waals surface area contributed by atoms with Gasteiger partial charge < -0.3 is 9.52 Å². The fraction of sp³-hybridized carbons (Fsp3) is 0.357. The molecule has 112 valence electrons. The number of carbonyl (C=O) groups excluding carboxylic acids is 1. The van der Waals surface area contributed by atoms with Crippen LogP contribution >= 0.6 is 24.0 Å². The first-order chi connectivity index (χ1) is 9.95. The van der Waals surface area contributed by atoms with Crippen LogP contribution in [0.15, 0.2) is 27.7 Å². The average Bonchev–Trinajstić information content (AvgIpc) is 3.02. The van der Waals surface area contributed by atoms with Gasteiger partial charge in [0.2, 0.25) is 0 Å². The van der Waals surface area contributed by atoms with Crippen LogP contribution in [0, 0.1) is 5.92 Å². The Hall–Kier alpha value is -1.60. The first-order valence-corrected chi connectivity index (χ1v) is 7.71. The molecular weight excluding hydrogens is 310 g/mol. The summed E-state index contributed by atoms with van der Waals surface area (Å²) in [6, 6.07) is 2.49. The molecule has 0 unspecified atom stereocenters. The second-order valence-electron chi connectivity index (χ2n) is 4.74. The molecule has 5 nitrogen and oxygen atoms in total. The van der Waals surface area contributed by atoms with Gasteiger partial charge in [-0.2, -0.15) is 0 Å². The molecule has 0 aliphatic carbocycles. The molecular formula is C14H15NO4S2. The lowest BCUT2D eigenvalue weighted by Gasteiger charge is -2.27. The van der Waals surface area contributed by atoms with Crippen LogP contribution in [0.5, 0.6) is 0 Å². The molecule has 1 aliphatic rings. The lowest BCUT2D eigenvalue weighted by Crippen LogP contribution is -2.47. The molecule has 1 N–H and O–H groups in total. The number of thioether (sulfide) groups is 1. The third-order valence-electron chi connectivity index (χ3n) is 3.35. The monoisotopic (exact) mass is 325 g/mol. The van der Waals surface area contributed by atoms with E-state index in [1.807, 2.05) is 6.92 Å². The molecule has 7 heteroatoms. The molecule has 1 aromatic rings. The van der Waals surface area contributed by atoms with Crippen molar-refractivity contribution in [2.24, 2.45) is 5.92 Å². The molecule has 21 heavy (non-hydrogen) atoms. The minimum Gasteiger partial charge on any atom is -0.480 e. The molecule has 0 spiro atoms. The molecule has 2 heterocycles. The highest BCUT2D eigenvalue weighted by molar-refractivity contribution is 8.26. The van der Waals surface area contributed by atoms with Crippen LogP contribution in [0.4, 0.5) is 0 Å². The second kappa shape index (κ2) is 6.44. The Morgan fingerprint density at radius 2 is 2.33 bits per heavy atom. The van der Waals surface area contributed by atoms with Crippen LogP contribution < -0.4 is 0 Å². The van der Waals surface area contributed by atoms with Crippen LogP contribution in [-0.2, 0) is 9.59 Å². The number of amides is 1.